The van der Waals surface area contributed by atoms with Gasteiger partial charge in [0.1, 0.15) is 0 Å². The van der Waals surface area contributed by atoms with E-state index in [0.29, 0.717) is 0 Å². The standard InChI is InChI=1S/C8H13N2/c1-8(2)7-10-6-4-3-5-9-10/h3-6,9H,7H2,1-2H3. The molecule has 10 heavy (non-hydrogen) atoms. The first kappa shape index (κ1) is 7.19. The lowest BCUT2D eigenvalue weighted by atomic mass is 10.2. The molecule has 0 saturated carbocycles. The Balaban J connectivity index is 2.30. The summed E-state index contributed by atoms with van der Waals surface area (Å²) in [6.45, 7) is 5.21. The van der Waals surface area contributed by atoms with Crippen LogP contribution in [-0.2, 0) is 0 Å². The summed E-state index contributed by atoms with van der Waals surface area (Å²) in [6.07, 6.45) is 7.93. The molecule has 2 heteroatoms. The summed E-state index contributed by atoms with van der Waals surface area (Å²) in [5.41, 5.74) is 3.10. The van der Waals surface area contributed by atoms with E-state index in [4.69, 9.17) is 0 Å². The Hall–Kier alpha value is -0.920. The highest BCUT2D eigenvalue weighted by molar-refractivity contribution is 5.05. The van der Waals surface area contributed by atoms with Crippen LogP contribution in [0.5, 0.6) is 0 Å². The monoisotopic (exact) mass is 137 g/mol. The van der Waals surface area contributed by atoms with Crippen molar-refractivity contribution in [2.24, 2.45) is 0 Å². The third-order valence-corrected chi connectivity index (χ3v) is 1.20. The lowest BCUT2D eigenvalue weighted by molar-refractivity contribution is 0.324. The molecule has 2 nitrogen and oxygen atoms in total. The normalized spacial score (nSPS) is 16.1. The molecule has 1 N–H and O–H groups in total. The Labute approximate surface area is 62.2 Å². The molecule has 55 valence electrons. The minimum atomic E-state index is 0.973. The van der Waals surface area contributed by atoms with Gasteiger partial charge in [0.15, 0.2) is 0 Å². The van der Waals surface area contributed by atoms with E-state index in [9.17, 15) is 0 Å². The largest absolute Gasteiger partial charge is 0.306 e. The van der Waals surface area contributed by atoms with Gasteiger partial charge in [0.25, 0.3) is 0 Å². The number of rotatable bonds is 2. The van der Waals surface area contributed by atoms with Crippen LogP contribution in [0.1, 0.15) is 13.8 Å². The van der Waals surface area contributed by atoms with Crippen LogP contribution in [0.3, 0.4) is 0 Å². The van der Waals surface area contributed by atoms with Crippen molar-refractivity contribution in [1.29, 1.82) is 0 Å². The van der Waals surface area contributed by atoms with Gasteiger partial charge < -0.3 is 5.43 Å². The highest BCUT2D eigenvalue weighted by atomic mass is 15.5. The molecule has 0 atom stereocenters. The van der Waals surface area contributed by atoms with Crippen molar-refractivity contribution in [3.05, 3.63) is 30.5 Å². The molecule has 1 rings (SSSR count). The number of hydrazine groups is 1. The molecule has 1 aliphatic rings. The van der Waals surface area contributed by atoms with Gasteiger partial charge in [0.2, 0.25) is 0 Å². The molecule has 0 saturated heterocycles. The predicted octanol–water partition coefficient (Wildman–Crippen LogP) is 1.45. The summed E-state index contributed by atoms with van der Waals surface area (Å²) < 4.78 is 0. The van der Waals surface area contributed by atoms with Gasteiger partial charge in [0, 0.05) is 18.9 Å². The molecule has 0 bridgehead atoms. The average molecular weight is 137 g/mol. The van der Waals surface area contributed by atoms with E-state index < -0.39 is 0 Å². The fourth-order valence-electron chi connectivity index (χ4n) is 0.830. The van der Waals surface area contributed by atoms with Crippen LogP contribution < -0.4 is 5.43 Å². The van der Waals surface area contributed by atoms with Gasteiger partial charge >= 0.3 is 0 Å². The summed E-state index contributed by atoms with van der Waals surface area (Å²) in [6, 6.07) is 0. The molecular weight excluding hydrogens is 124 g/mol. The minimum Gasteiger partial charge on any atom is -0.306 e. The third-order valence-electron chi connectivity index (χ3n) is 1.20. The second kappa shape index (κ2) is 3.30. The van der Waals surface area contributed by atoms with Crippen molar-refractivity contribution in [2.45, 2.75) is 13.8 Å². The molecule has 0 aromatic rings. The molecule has 1 heterocycles. The van der Waals surface area contributed by atoms with E-state index in [1.807, 2.05) is 29.6 Å². The van der Waals surface area contributed by atoms with Crippen LogP contribution in [0.4, 0.5) is 0 Å². The topological polar surface area (TPSA) is 15.3 Å². The van der Waals surface area contributed by atoms with Crippen molar-refractivity contribution >= 4 is 0 Å². The summed E-state index contributed by atoms with van der Waals surface area (Å²) in [4.78, 5) is 0. The molecule has 0 aromatic heterocycles. The molecule has 0 amide bonds. The zero-order valence-electron chi connectivity index (χ0n) is 6.46. The van der Waals surface area contributed by atoms with Gasteiger partial charge in [-0.2, -0.15) is 0 Å². The molecule has 0 aromatic carbocycles. The van der Waals surface area contributed by atoms with E-state index in [1.54, 1.807) is 0 Å². The van der Waals surface area contributed by atoms with E-state index in [-0.39, 0.29) is 0 Å². The van der Waals surface area contributed by atoms with E-state index in [2.05, 4.69) is 19.3 Å². The van der Waals surface area contributed by atoms with Crippen LogP contribution in [-0.4, -0.2) is 11.6 Å². The Morgan fingerprint density at radius 1 is 1.40 bits per heavy atom. The van der Waals surface area contributed by atoms with Crippen LogP contribution in [0.2, 0.25) is 0 Å². The van der Waals surface area contributed by atoms with Gasteiger partial charge in [0.05, 0.1) is 0 Å². The van der Waals surface area contributed by atoms with E-state index in [0.717, 1.165) is 6.54 Å². The number of nitrogens with one attached hydrogen (secondary N) is 1. The molecule has 0 spiro atoms. The lowest BCUT2D eigenvalue weighted by Crippen LogP contribution is -2.32. The van der Waals surface area contributed by atoms with Gasteiger partial charge in [-0.05, 0) is 18.1 Å². The Kier molecular flexibility index (Phi) is 2.37. The van der Waals surface area contributed by atoms with Crippen molar-refractivity contribution in [3.63, 3.8) is 0 Å². The quantitative estimate of drug-likeness (QED) is 0.619. The maximum atomic E-state index is 3.10. The molecule has 1 radical (unpaired) electrons. The average Bonchev–Trinajstić information content (AvgIpc) is 1.88. The Bertz CT molecular complexity index is 147. The zero-order valence-corrected chi connectivity index (χ0v) is 6.46. The van der Waals surface area contributed by atoms with Crippen LogP contribution in [0.25, 0.3) is 0 Å². The first-order valence-corrected chi connectivity index (χ1v) is 3.44. The van der Waals surface area contributed by atoms with Gasteiger partial charge in [-0.1, -0.05) is 13.8 Å². The van der Waals surface area contributed by atoms with Crippen molar-refractivity contribution in [1.82, 2.24) is 10.4 Å². The molecular formula is C8H13N2. The van der Waals surface area contributed by atoms with Crippen LogP contribution in [0.15, 0.2) is 24.6 Å². The summed E-state index contributed by atoms with van der Waals surface area (Å²) in [7, 11) is 0. The first-order chi connectivity index (χ1) is 4.79. The van der Waals surface area contributed by atoms with E-state index in [1.165, 1.54) is 5.92 Å². The molecule has 1 aliphatic heterocycles. The maximum Gasteiger partial charge on any atom is 0.0443 e. The zero-order chi connectivity index (χ0) is 7.40. The number of allylic oxidation sites excluding steroid dienone is 2. The molecule has 0 aliphatic carbocycles. The minimum absolute atomic E-state index is 0.973. The summed E-state index contributed by atoms with van der Waals surface area (Å²) in [5.74, 6) is 1.40. The van der Waals surface area contributed by atoms with Crippen molar-refractivity contribution in [2.75, 3.05) is 6.54 Å². The second-order valence-electron chi connectivity index (χ2n) is 2.66. The highest BCUT2D eigenvalue weighted by Gasteiger charge is 2.00. The van der Waals surface area contributed by atoms with Gasteiger partial charge in [-0.15, -0.1) is 0 Å². The summed E-state index contributed by atoms with van der Waals surface area (Å²) >= 11 is 0. The molecule has 0 fully saturated rings. The predicted molar refractivity (Wildman–Crippen MR) is 42.7 cm³/mol. The number of hydrogen-bond acceptors (Lipinski definition) is 2. The second-order valence-corrected chi connectivity index (χ2v) is 2.66. The van der Waals surface area contributed by atoms with Crippen molar-refractivity contribution in [3.8, 4) is 0 Å². The van der Waals surface area contributed by atoms with Crippen LogP contribution >= 0.6 is 0 Å². The third kappa shape index (κ3) is 2.13. The van der Waals surface area contributed by atoms with Crippen LogP contribution in [0, 0.1) is 5.92 Å². The lowest BCUT2D eigenvalue weighted by Gasteiger charge is -2.23. The first-order valence-electron chi connectivity index (χ1n) is 3.44. The SMILES string of the molecule is C[C](C)CN1C=CC=CN1. The fourth-order valence-corrected chi connectivity index (χ4v) is 0.830. The van der Waals surface area contributed by atoms with Gasteiger partial charge in [-0.3, -0.25) is 5.01 Å². The number of hydrogen-bond donors (Lipinski definition) is 1. The van der Waals surface area contributed by atoms with Gasteiger partial charge in [-0.25, -0.2) is 0 Å². The van der Waals surface area contributed by atoms with E-state index >= 15 is 0 Å². The molecule has 0 unspecified atom stereocenters. The summed E-state index contributed by atoms with van der Waals surface area (Å²) in [5, 5.41) is 2.04. The highest BCUT2D eigenvalue weighted by Crippen LogP contribution is 2.00. The van der Waals surface area contributed by atoms with Crippen molar-refractivity contribution < 1.29 is 0 Å². The fraction of sp³-hybridized carbons (Fsp3) is 0.375. The Morgan fingerprint density at radius 3 is 2.70 bits per heavy atom. The number of nitrogens with zero attached hydrogens (tertiary/aromatic N) is 1. The Morgan fingerprint density at radius 2 is 2.20 bits per heavy atom. The smallest absolute Gasteiger partial charge is 0.0443 e. The maximum absolute atomic E-state index is 3.10.